The summed E-state index contributed by atoms with van der Waals surface area (Å²) in [7, 11) is 0. The molecule has 1 aromatic heterocycles. The second-order valence-electron chi connectivity index (χ2n) is 4.10. The van der Waals surface area contributed by atoms with Gasteiger partial charge in [-0.3, -0.25) is 0 Å². The second-order valence-corrected chi connectivity index (χ2v) is 4.10. The summed E-state index contributed by atoms with van der Waals surface area (Å²) in [5.41, 5.74) is 2.89. The first-order chi connectivity index (χ1) is 8.36. The van der Waals surface area contributed by atoms with Crippen LogP contribution in [0.15, 0.2) is 60.8 Å². The highest BCUT2D eigenvalue weighted by atomic mass is 16.3. The molecule has 0 aliphatic carbocycles. The maximum absolute atomic E-state index is 10.4. The number of aromatic amines is 1. The molecule has 17 heavy (non-hydrogen) atoms. The average Bonchev–Trinajstić information content (AvgIpc) is 2.83. The van der Waals surface area contributed by atoms with Gasteiger partial charge in [0.15, 0.2) is 0 Å². The van der Waals surface area contributed by atoms with Crippen molar-refractivity contribution < 1.29 is 5.11 Å². The van der Waals surface area contributed by atoms with Gasteiger partial charge in [-0.25, -0.2) is 0 Å². The van der Waals surface area contributed by atoms with Gasteiger partial charge in [-0.15, -0.1) is 0 Å². The molecule has 3 aromatic rings. The van der Waals surface area contributed by atoms with Gasteiger partial charge in [-0.1, -0.05) is 48.5 Å². The fourth-order valence-corrected chi connectivity index (χ4v) is 2.14. The van der Waals surface area contributed by atoms with E-state index in [9.17, 15) is 5.11 Å². The molecule has 0 saturated heterocycles. The van der Waals surface area contributed by atoms with Crippen molar-refractivity contribution in [2.24, 2.45) is 0 Å². The lowest BCUT2D eigenvalue weighted by Gasteiger charge is -2.09. The molecule has 0 saturated carbocycles. The van der Waals surface area contributed by atoms with Crippen LogP contribution in [-0.2, 0) is 0 Å². The predicted octanol–water partition coefficient (Wildman–Crippen LogP) is 3.25. The first kappa shape index (κ1) is 10.1. The fraction of sp³-hybridized carbons (Fsp3) is 0.0667. The molecule has 0 amide bonds. The minimum Gasteiger partial charge on any atom is -0.384 e. The Hall–Kier alpha value is -2.06. The van der Waals surface area contributed by atoms with Crippen molar-refractivity contribution in [3.8, 4) is 0 Å². The van der Waals surface area contributed by atoms with Crippen LogP contribution in [-0.4, -0.2) is 10.1 Å². The summed E-state index contributed by atoms with van der Waals surface area (Å²) in [5, 5.41) is 11.4. The van der Waals surface area contributed by atoms with Crippen molar-refractivity contribution in [1.29, 1.82) is 0 Å². The van der Waals surface area contributed by atoms with Crippen LogP contribution < -0.4 is 0 Å². The van der Waals surface area contributed by atoms with Gasteiger partial charge in [0.2, 0.25) is 0 Å². The lowest BCUT2D eigenvalue weighted by atomic mass is 10.0. The molecule has 0 fully saturated rings. The summed E-state index contributed by atoms with van der Waals surface area (Å²) in [6.45, 7) is 0. The lowest BCUT2D eigenvalue weighted by molar-refractivity contribution is 0.222. The third-order valence-corrected chi connectivity index (χ3v) is 3.03. The van der Waals surface area contributed by atoms with Crippen LogP contribution in [0, 0.1) is 0 Å². The first-order valence-corrected chi connectivity index (χ1v) is 5.65. The number of hydrogen-bond donors (Lipinski definition) is 2. The summed E-state index contributed by atoms with van der Waals surface area (Å²) in [6, 6.07) is 17.7. The van der Waals surface area contributed by atoms with E-state index in [1.165, 1.54) is 0 Å². The fourth-order valence-electron chi connectivity index (χ4n) is 2.14. The van der Waals surface area contributed by atoms with E-state index in [0.29, 0.717) is 0 Å². The Kier molecular flexibility index (Phi) is 2.42. The van der Waals surface area contributed by atoms with E-state index in [4.69, 9.17) is 0 Å². The number of para-hydroxylation sites is 1. The van der Waals surface area contributed by atoms with E-state index in [0.717, 1.165) is 22.0 Å². The van der Waals surface area contributed by atoms with Gasteiger partial charge in [0.05, 0.1) is 0 Å². The molecule has 2 heteroatoms. The van der Waals surface area contributed by atoms with Crippen LogP contribution in [0.4, 0.5) is 0 Å². The van der Waals surface area contributed by atoms with Crippen molar-refractivity contribution in [3.63, 3.8) is 0 Å². The number of nitrogens with one attached hydrogen (secondary N) is 1. The molecule has 1 unspecified atom stereocenters. The lowest BCUT2D eigenvalue weighted by Crippen LogP contribution is -1.97. The highest BCUT2D eigenvalue weighted by Crippen LogP contribution is 2.28. The first-order valence-electron chi connectivity index (χ1n) is 5.65. The van der Waals surface area contributed by atoms with Crippen LogP contribution in [0.5, 0.6) is 0 Å². The third-order valence-electron chi connectivity index (χ3n) is 3.03. The zero-order valence-corrected chi connectivity index (χ0v) is 9.30. The quantitative estimate of drug-likeness (QED) is 0.687. The van der Waals surface area contributed by atoms with Crippen molar-refractivity contribution >= 4 is 10.9 Å². The van der Waals surface area contributed by atoms with Gasteiger partial charge in [0.1, 0.15) is 6.10 Å². The number of fused-ring (bicyclic) bond motifs is 1. The normalized spacial score (nSPS) is 12.8. The number of rotatable bonds is 2. The van der Waals surface area contributed by atoms with E-state index < -0.39 is 6.10 Å². The van der Waals surface area contributed by atoms with E-state index in [1.54, 1.807) is 0 Å². The topological polar surface area (TPSA) is 36.0 Å². The van der Waals surface area contributed by atoms with Gasteiger partial charge < -0.3 is 10.1 Å². The van der Waals surface area contributed by atoms with Crippen LogP contribution >= 0.6 is 0 Å². The minimum absolute atomic E-state index is 0.577. The summed E-state index contributed by atoms with van der Waals surface area (Å²) in [5.74, 6) is 0. The molecule has 0 aliphatic heterocycles. The molecule has 1 heterocycles. The van der Waals surface area contributed by atoms with Gasteiger partial charge in [-0.2, -0.15) is 0 Å². The van der Waals surface area contributed by atoms with Gasteiger partial charge in [0.25, 0.3) is 0 Å². The van der Waals surface area contributed by atoms with Crippen LogP contribution in [0.25, 0.3) is 10.9 Å². The van der Waals surface area contributed by atoms with Crippen molar-refractivity contribution in [1.82, 2.24) is 4.98 Å². The number of H-pyrrole nitrogens is 1. The summed E-state index contributed by atoms with van der Waals surface area (Å²) < 4.78 is 0. The highest BCUT2D eigenvalue weighted by molar-refractivity contribution is 5.83. The molecule has 2 N–H and O–H groups in total. The molecule has 2 nitrogen and oxygen atoms in total. The number of aliphatic hydroxyl groups is 1. The smallest absolute Gasteiger partial charge is 0.106 e. The minimum atomic E-state index is -0.577. The zero-order valence-electron chi connectivity index (χ0n) is 9.30. The van der Waals surface area contributed by atoms with Crippen LogP contribution in [0.3, 0.4) is 0 Å². The average molecular weight is 223 g/mol. The molecule has 1 atom stereocenters. The SMILES string of the molecule is OC(c1ccccc1)c1c[nH]c2ccccc12. The molecule has 0 radical (unpaired) electrons. The van der Waals surface area contributed by atoms with Gasteiger partial charge in [0, 0.05) is 22.7 Å². The van der Waals surface area contributed by atoms with E-state index in [2.05, 4.69) is 4.98 Å². The molecule has 0 spiro atoms. The third kappa shape index (κ3) is 1.73. The molecule has 2 aromatic carbocycles. The molecular weight excluding hydrogens is 210 g/mol. The van der Waals surface area contributed by atoms with Crippen molar-refractivity contribution in [3.05, 3.63) is 71.9 Å². The van der Waals surface area contributed by atoms with E-state index >= 15 is 0 Å². The largest absolute Gasteiger partial charge is 0.384 e. The summed E-state index contributed by atoms with van der Waals surface area (Å²) >= 11 is 0. The Balaban J connectivity index is 2.10. The maximum atomic E-state index is 10.4. The highest BCUT2D eigenvalue weighted by Gasteiger charge is 2.13. The Bertz CT molecular complexity index is 627. The molecule has 3 rings (SSSR count). The molecule has 84 valence electrons. The number of hydrogen-bond acceptors (Lipinski definition) is 1. The Labute approximate surface area is 99.5 Å². The molecule has 0 aliphatic rings. The van der Waals surface area contributed by atoms with Gasteiger partial charge in [-0.05, 0) is 11.6 Å². The van der Waals surface area contributed by atoms with Crippen molar-refractivity contribution in [2.45, 2.75) is 6.10 Å². The second kappa shape index (κ2) is 4.07. The predicted molar refractivity (Wildman–Crippen MR) is 68.8 cm³/mol. The zero-order chi connectivity index (χ0) is 11.7. The number of benzene rings is 2. The molecular formula is C15H13NO. The Morgan fingerprint density at radius 2 is 1.59 bits per heavy atom. The van der Waals surface area contributed by atoms with Gasteiger partial charge >= 0.3 is 0 Å². The standard InChI is InChI=1S/C15H13NO/c17-15(11-6-2-1-3-7-11)13-10-16-14-9-5-4-8-12(13)14/h1-10,15-17H. The summed E-state index contributed by atoms with van der Waals surface area (Å²) in [4.78, 5) is 3.18. The summed E-state index contributed by atoms with van der Waals surface area (Å²) in [6.07, 6.45) is 1.30. The number of aliphatic hydroxyl groups excluding tert-OH is 1. The van der Waals surface area contributed by atoms with E-state index in [-0.39, 0.29) is 0 Å². The van der Waals surface area contributed by atoms with E-state index in [1.807, 2.05) is 60.8 Å². The molecule has 0 bridgehead atoms. The maximum Gasteiger partial charge on any atom is 0.106 e. The van der Waals surface area contributed by atoms with Crippen LogP contribution in [0.2, 0.25) is 0 Å². The van der Waals surface area contributed by atoms with Crippen LogP contribution in [0.1, 0.15) is 17.2 Å². The Morgan fingerprint density at radius 1 is 0.882 bits per heavy atom. The van der Waals surface area contributed by atoms with Crippen molar-refractivity contribution in [2.75, 3.05) is 0 Å². The Morgan fingerprint density at radius 3 is 2.41 bits per heavy atom. The monoisotopic (exact) mass is 223 g/mol. The number of aromatic nitrogens is 1.